The number of thiazole rings is 1. The molecule has 3 heterocycles. The molecule has 1 saturated heterocycles. The van der Waals surface area contributed by atoms with Crippen molar-refractivity contribution >= 4 is 32.2 Å². The van der Waals surface area contributed by atoms with Gasteiger partial charge in [0.15, 0.2) is 5.82 Å². The van der Waals surface area contributed by atoms with E-state index < -0.39 is 0 Å². The van der Waals surface area contributed by atoms with E-state index in [1.807, 2.05) is 19.1 Å². The van der Waals surface area contributed by atoms with Gasteiger partial charge in [0.05, 0.1) is 10.9 Å². The van der Waals surface area contributed by atoms with Crippen LogP contribution in [0.2, 0.25) is 0 Å². The van der Waals surface area contributed by atoms with Gasteiger partial charge in [-0.3, -0.25) is 4.90 Å². The Hall–Kier alpha value is -1.44. The topological polar surface area (TPSA) is 53.7 Å². The van der Waals surface area contributed by atoms with Crippen LogP contribution in [0.15, 0.2) is 28.7 Å². The van der Waals surface area contributed by atoms with Gasteiger partial charge in [-0.1, -0.05) is 46.3 Å². The molecule has 1 aromatic carbocycles. The van der Waals surface area contributed by atoms with Crippen molar-refractivity contribution in [2.75, 3.05) is 13.1 Å². The van der Waals surface area contributed by atoms with E-state index in [4.69, 9.17) is 0 Å². The summed E-state index contributed by atoms with van der Waals surface area (Å²) < 4.78 is 2.64. The van der Waals surface area contributed by atoms with Crippen molar-refractivity contribution in [1.29, 1.82) is 0 Å². The first-order valence-electron chi connectivity index (χ1n) is 8.24. The lowest BCUT2D eigenvalue weighted by molar-refractivity contribution is 0.277. The van der Waals surface area contributed by atoms with E-state index in [0.29, 0.717) is 0 Å². The lowest BCUT2D eigenvalue weighted by Crippen LogP contribution is -2.26. The maximum atomic E-state index is 10.8. The number of rotatable bonds is 4. The SMILES string of the molecule is CCc1nc2sc([C@@H](c3cccc(Br)c3)N3CCCC3)c(O)n2n1. The van der Waals surface area contributed by atoms with Gasteiger partial charge >= 0.3 is 0 Å². The highest BCUT2D eigenvalue weighted by Gasteiger charge is 2.31. The first-order chi connectivity index (χ1) is 11.7. The van der Waals surface area contributed by atoms with Crippen LogP contribution in [0.4, 0.5) is 0 Å². The number of hydrogen-bond acceptors (Lipinski definition) is 5. The number of hydrogen-bond donors (Lipinski definition) is 1. The molecule has 1 fully saturated rings. The molecule has 126 valence electrons. The molecule has 3 aromatic rings. The normalized spacial score (nSPS) is 16.9. The van der Waals surface area contributed by atoms with E-state index in [1.54, 1.807) is 4.52 Å². The molecule has 0 amide bonds. The zero-order chi connectivity index (χ0) is 16.7. The van der Waals surface area contributed by atoms with Crippen molar-refractivity contribution in [1.82, 2.24) is 19.5 Å². The fraction of sp³-hybridized carbons (Fsp3) is 0.412. The van der Waals surface area contributed by atoms with E-state index >= 15 is 0 Å². The number of aryl methyl sites for hydroxylation is 1. The summed E-state index contributed by atoms with van der Waals surface area (Å²) in [5.41, 5.74) is 1.18. The average molecular weight is 407 g/mol. The van der Waals surface area contributed by atoms with Crippen LogP contribution >= 0.6 is 27.3 Å². The molecule has 0 spiro atoms. The Morgan fingerprint density at radius 2 is 2.12 bits per heavy atom. The Bertz CT molecular complexity index is 869. The Morgan fingerprint density at radius 1 is 1.33 bits per heavy atom. The molecule has 2 aromatic heterocycles. The fourth-order valence-corrected chi connectivity index (χ4v) is 4.88. The van der Waals surface area contributed by atoms with Crippen molar-refractivity contribution < 1.29 is 5.11 Å². The van der Waals surface area contributed by atoms with Crippen molar-refractivity contribution in [3.8, 4) is 5.88 Å². The predicted molar refractivity (Wildman–Crippen MR) is 98.7 cm³/mol. The summed E-state index contributed by atoms with van der Waals surface area (Å²) in [5, 5.41) is 15.2. The molecule has 0 bridgehead atoms. The lowest BCUT2D eigenvalue weighted by atomic mass is 10.0. The average Bonchev–Trinajstić information content (AvgIpc) is 3.28. The number of aromatic hydroxyl groups is 1. The Balaban J connectivity index is 1.83. The summed E-state index contributed by atoms with van der Waals surface area (Å²) in [5.74, 6) is 0.988. The fourth-order valence-electron chi connectivity index (χ4n) is 3.32. The van der Waals surface area contributed by atoms with Crippen LogP contribution in [0.1, 0.15) is 42.1 Å². The largest absolute Gasteiger partial charge is 0.492 e. The van der Waals surface area contributed by atoms with E-state index in [1.165, 1.54) is 29.7 Å². The number of benzene rings is 1. The van der Waals surface area contributed by atoms with Crippen molar-refractivity contribution in [3.63, 3.8) is 0 Å². The van der Waals surface area contributed by atoms with Gasteiger partial charge in [0.25, 0.3) is 0 Å². The van der Waals surface area contributed by atoms with Gasteiger partial charge in [-0.2, -0.15) is 4.52 Å². The number of nitrogens with zero attached hydrogens (tertiary/aromatic N) is 4. The van der Waals surface area contributed by atoms with Gasteiger partial charge in [-0.15, -0.1) is 5.10 Å². The number of aromatic nitrogens is 3. The third-order valence-corrected chi connectivity index (χ3v) is 6.04. The molecule has 0 saturated carbocycles. The minimum atomic E-state index is 0.0450. The summed E-state index contributed by atoms with van der Waals surface area (Å²) >= 11 is 5.11. The molecule has 24 heavy (non-hydrogen) atoms. The summed E-state index contributed by atoms with van der Waals surface area (Å²) in [6.07, 6.45) is 3.17. The molecule has 7 heteroatoms. The maximum absolute atomic E-state index is 10.8. The van der Waals surface area contributed by atoms with E-state index in [-0.39, 0.29) is 11.9 Å². The highest BCUT2D eigenvalue weighted by atomic mass is 79.9. The zero-order valence-electron chi connectivity index (χ0n) is 13.4. The van der Waals surface area contributed by atoms with Crippen LogP contribution in [0.25, 0.3) is 4.96 Å². The van der Waals surface area contributed by atoms with Crippen molar-refractivity contribution in [2.24, 2.45) is 0 Å². The third kappa shape index (κ3) is 2.74. The second-order valence-electron chi connectivity index (χ2n) is 6.07. The first kappa shape index (κ1) is 16.1. The highest BCUT2D eigenvalue weighted by Crippen LogP contribution is 2.41. The smallest absolute Gasteiger partial charge is 0.230 e. The summed E-state index contributed by atoms with van der Waals surface area (Å²) in [6, 6.07) is 8.38. The molecule has 1 aliphatic rings. The molecular formula is C17H19BrN4OS. The molecule has 1 aliphatic heterocycles. The summed E-state index contributed by atoms with van der Waals surface area (Å²) in [6.45, 7) is 4.11. The second-order valence-corrected chi connectivity index (χ2v) is 7.99. The summed E-state index contributed by atoms with van der Waals surface area (Å²) in [7, 11) is 0. The van der Waals surface area contributed by atoms with Gasteiger partial charge in [0.2, 0.25) is 10.8 Å². The molecular weight excluding hydrogens is 388 g/mol. The maximum Gasteiger partial charge on any atom is 0.230 e. The van der Waals surface area contributed by atoms with Gasteiger partial charge < -0.3 is 5.11 Å². The van der Waals surface area contributed by atoms with Gasteiger partial charge in [-0.05, 0) is 43.6 Å². The Kier molecular flexibility index (Phi) is 4.32. The number of halogens is 1. The van der Waals surface area contributed by atoms with Crippen LogP contribution in [0.5, 0.6) is 5.88 Å². The Morgan fingerprint density at radius 3 is 2.79 bits per heavy atom. The van der Waals surface area contributed by atoms with Crippen LogP contribution < -0.4 is 0 Å². The van der Waals surface area contributed by atoms with E-state index in [0.717, 1.165) is 39.6 Å². The van der Waals surface area contributed by atoms with Crippen LogP contribution in [0, 0.1) is 0 Å². The zero-order valence-corrected chi connectivity index (χ0v) is 15.8. The van der Waals surface area contributed by atoms with Gasteiger partial charge in [0.1, 0.15) is 0 Å². The summed E-state index contributed by atoms with van der Waals surface area (Å²) in [4.78, 5) is 8.64. The van der Waals surface area contributed by atoms with E-state index in [9.17, 15) is 5.11 Å². The highest BCUT2D eigenvalue weighted by molar-refractivity contribution is 9.10. The van der Waals surface area contributed by atoms with Crippen molar-refractivity contribution in [2.45, 2.75) is 32.2 Å². The quantitative estimate of drug-likeness (QED) is 0.710. The molecule has 5 nitrogen and oxygen atoms in total. The molecule has 0 aliphatic carbocycles. The minimum absolute atomic E-state index is 0.0450. The van der Waals surface area contributed by atoms with Crippen LogP contribution in [0.3, 0.4) is 0 Å². The predicted octanol–water partition coefficient (Wildman–Crippen LogP) is 4.01. The second kappa shape index (κ2) is 6.46. The van der Waals surface area contributed by atoms with Gasteiger partial charge in [0, 0.05) is 10.9 Å². The Labute approximate surface area is 153 Å². The van der Waals surface area contributed by atoms with Gasteiger partial charge in [-0.25, -0.2) is 4.98 Å². The molecule has 1 atom stereocenters. The van der Waals surface area contributed by atoms with Crippen LogP contribution in [-0.2, 0) is 6.42 Å². The minimum Gasteiger partial charge on any atom is -0.492 e. The molecule has 0 radical (unpaired) electrons. The number of fused-ring (bicyclic) bond motifs is 1. The molecule has 1 N–H and O–H groups in total. The molecule has 0 unspecified atom stereocenters. The standard InChI is InChI=1S/C17H19BrN4OS/c1-2-13-19-17-22(20-13)16(23)15(24-17)14(21-8-3-4-9-21)11-6-5-7-12(18)10-11/h5-7,10,14,23H,2-4,8-9H2,1H3/t14-/m1/s1. The third-order valence-electron chi connectivity index (χ3n) is 4.48. The monoisotopic (exact) mass is 406 g/mol. The van der Waals surface area contributed by atoms with Crippen molar-refractivity contribution in [3.05, 3.63) is 45.0 Å². The van der Waals surface area contributed by atoms with Crippen LogP contribution in [-0.4, -0.2) is 37.7 Å². The van der Waals surface area contributed by atoms with E-state index in [2.05, 4.69) is 43.0 Å². The lowest BCUT2D eigenvalue weighted by Gasteiger charge is -2.27. The molecule has 4 rings (SSSR count). The first-order valence-corrected chi connectivity index (χ1v) is 9.85. The number of likely N-dealkylation sites (tertiary alicyclic amines) is 1.